The molecule has 0 atom stereocenters. The van der Waals surface area contributed by atoms with Crippen molar-refractivity contribution in [3.8, 4) is 0 Å². The summed E-state index contributed by atoms with van der Waals surface area (Å²) < 4.78 is 0. The number of nitro benzene ring substituents is 1. The van der Waals surface area contributed by atoms with Crippen molar-refractivity contribution in [2.24, 2.45) is 0 Å². The van der Waals surface area contributed by atoms with E-state index in [1.54, 1.807) is 23.1 Å². The lowest BCUT2D eigenvalue weighted by molar-refractivity contribution is -0.385. The van der Waals surface area contributed by atoms with Crippen LogP contribution in [-0.2, 0) is 13.0 Å². The molecular weight excluding hydrogens is 426 g/mol. The third-order valence-electron chi connectivity index (χ3n) is 5.45. The number of hydrogen-bond donors (Lipinski definition) is 0. The van der Waals surface area contributed by atoms with Gasteiger partial charge in [0, 0.05) is 36.5 Å². The van der Waals surface area contributed by atoms with Gasteiger partial charge in [0.15, 0.2) is 0 Å². The van der Waals surface area contributed by atoms with E-state index in [1.165, 1.54) is 6.07 Å². The monoisotopic (exact) mass is 459 g/mol. The van der Waals surface area contributed by atoms with Crippen LogP contribution >= 0.6 is 0 Å². The van der Waals surface area contributed by atoms with Crippen LogP contribution < -0.4 is 0 Å². The molecule has 0 bridgehead atoms. The summed E-state index contributed by atoms with van der Waals surface area (Å²) in [4.78, 5) is 30.9. The Balaban J connectivity index is 0.00000199. The summed E-state index contributed by atoms with van der Waals surface area (Å²) in [6.45, 7) is 14.4. The van der Waals surface area contributed by atoms with Crippen molar-refractivity contribution < 1.29 is 9.72 Å². The highest BCUT2D eigenvalue weighted by atomic mass is 16.6. The van der Waals surface area contributed by atoms with Crippen molar-refractivity contribution in [2.45, 2.75) is 47.6 Å². The van der Waals surface area contributed by atoms with Gasteiger partial charge in [-0.15, -0.1) is 0 Å². The van der Waals surface area contributed by atoms with E-state index in [0.29, 0.717) is 30.8 Å². The fourth-order valence-corrected chi connectivity index (χ4v) is 3.92. The summed E-state index contributed by atoms with van der Waals surface area (Å²) in [6, 6.07) is 6.71. The minimum Gasteiger partial charge on any atom is -0.334 e. The van der Waals surface area contributed by atoms with E-state index in [9.17, 15) is 14.9 Å². The number of nitro groups is 1. The highest BCUT2D eigenvalue weighted by Gasteiger charge is 2.26. The van der Waals surface area contributed by atoms with E-state index < -0.39 is 4.92 Å². The van der Waals surface area contributed by atoms with Crippen LogP contribution in [0.1, 0.15) is 66.1 Å². The smallest absolute Gasteiger partial charge is 0.269 e. The van der Waals surface area contributed by atoms with Gasteiger partial charge in [0.05, 0.1) is 16.2 Å². The minimum atomic E-state index is -0.404. The van der Waals surface area contributed by atoms with Crippen LogP contribution in [0, 0.1) is 17.0 Å². The number of allylic oxidation sites excluding steroid dienone is 6. The number of rotatable bonds is 6. The second-order valence-electron chi connectivity index (χ2n) is 7.60. The molecule has 1 aliphatic heterocycles. The zero-order chi connectivity index (χ0) is 25.3. The fraction of sp³-hybridized carbons (Fsp3) is 0.286. The summed E-state index contributed by atoms with van der Waals surface area (Å²) in [5.41, 5.74) is 5.58. The Hall–Kier alpha value is -3.80. The van der Waals surface area contributed by atoms with Gasteiger partial charge in [-0.1, -0.05) is 62.9 Å². The van der Waals surface area contributed by atoms with Crippen molar-refractivity contribution in [3.63, 3.8) is 0 Å². The first-order chi connectivity index (χ1) is 16.4. The second kappa shape index (κ2) is 12.4. The number of carbonyl (C=O) groups excluding carboxylic acids is 1. The van der Waals surface area contributed by atoms with Crippen LogP contribution in [-0.4, -0.2) is 27.3 Å². The average Bonchev–Trinajstić information content (AvgIpc) is 2.85. The number of fused-ring (bicyclic) bond motifs is 1. The highest BCUT2D eigenvalue weighted by Crippen LogP contribution is 2.28. The third-order valence-corrected chi connectivity index (χ3v) is 5.45. The van der Waals surface area contributed by atoms with Crippen molar-refractivity contribution in [2.75, 3.05) is 6.54 Å². The number of amides is 1. The van der Waals surface area contributed by atoms with Crippen molar-refractivity contribution in [1.29, 1.82) is 0 Å². The number of aryl methyl sites for hydroxylation is 1. The molecule has 0 radical (unpaired) electrons. The molecule has 2 aromatic rings. The summed E-state index contributed by atoms with van der Waals surface area (Å²) in [5, 5.41) is 11.2. The van der Waals surface area contributed by atoms with Gasteiger partial charge in [-0.3, -0.25) is 19.9 Å². The molecule has 0 N–H and O–H groups in total. The molecule has 3 rings (SSSR count). The summed E-state index contributed by atoms with van der Waals surface area (Å²) in [6.07, 6.45) is 11.9. The van der Waals surface area contributed by atoms with Crippen LogP contribution in [0.4, 0.5) is 5.69 Å². The molecule has 6 heteroatoms. The first-order valence-electron chi connectivity index (χ1n) is 11.5. The van der Waals surface area contributed by atoms with Gasteiger partial charge in [-0.25, -0.2) is 0 Å². The van der Waals surface area contributed by atoms with E-state index in [1.807, 2.05) is 71.1 Å². The van der Waals surface area contributed by atoms with E-state index >= 15 is 0 Å². The topological polar surface area (TPSA) is 76.3 Å². The first kappa shape index (κ1) is 26.5. The normalized spacial score (nSPS) is 13.4. The number of pyridine rings is 1. The van der Waals surface area contributed by atoms with Crippen LogP contribution in [0.25, 0.3) is 11.6 Å². The third kappa shape index (κ3) is 5.95. The van der Waals surface area contributed by atoms with Crippen molar-refractivity contribution in [3.05, 3.63) is 105 Å². The van der Waals surface area contributed by atoms with Crippen molar-refractivity contribution >= 4 is 23.2 Å². The summed E-state index contributed by atoms with van der Waals surface area (Å²) in [5.74, 6) is -0.111. The molecule has 34 heavy (non-hydrogen) atoms. The molecule has 0 aliphatic carbocycles. The number of carbonyl (C=O) groups is 1. The molecule has 1 amide bonds. The fourth-order valence-electron chi connectivity index (χ4n) is 3.92. The lowest BCUT2D eigenvalue weighted by atomic mass is 9.96. The molecular formula is C28H33N3O3. The molecule has 0 unspecified atom stereocenters. The summed E-state index contributed by atoms with van der Waals surface area (Å²) in [7, 11) is 0. The number of nitrogens with zero attached hydrogens (tertiary/aromatic N) is 3. The zero-order valence-corrected chi connectivity index (χ0v) is 20.7. The van der Waals surface area contributed by atoms with E-state index in [0.717, 1.165) is 28.0 Å². The Kier molecular flexibility index (Phi) is 9.68. The first-order valence-corrected chi connectivity index (χ1v) is 11.5. The molecule has 178 valence electrons. The molecule has 1 aliphatic rings. The predicted octanol–water partition coefficient (Wildman–Crippen LogP) is 6.70. The lowest BCUT2D eigenvalue weighted by Crippen LogP contribution is -2.36. The van der Waals surface area contributed by atoms with E-state index in [-0.39, 0.29) is 11.6 Å². The number of benzene rings is 1. The van der Waals surface area contributed by atoms with Gasteiger partial charge in [-0.05, 0) is 50.0 Å². The van der Waals surface area contributed by atoms with Gasteiger partial charge in [-0.2, -0.15) is 0 Å². The quantitative estimate of drug-likeness (QED) is 0.273. The maximum absolute atomic E-state index is 13.6. The molecule has 0 spiro atoms. The maximum Gasteiger partial charge on any atom is 0.269 e. The van der Waals surface area contributed by atoms with Gasteiger partial charge in [0.2, 0.25) is 0 Å². The zero-order valence-electron chi connectivity index (χ0n) is 20.7. The Labute approximate surface area is 202 Å². The van der Waals surface area contributed by atoms with Gasteiger partial charge < -0.3 is 4.90 Å². The van der Waals surface area contributed by atoms with Gasteiger partial charge in [0.1, 0.15) is 0 Å². The Bertz CT molecular complexity index is 1160. The van der Waals surface area contributed by atoms with Crippen molar-refractivity contribution in [1.82, 2.24) is 9.88 Å². The van der Waals surface area contributed by atoms with E-state index in [4.69, 9.17) is 4.98 Å². The average molecular weight is 460 g/mol. The molecule has 0 saturated heterocycles. The van der Waals surface area contributed by atoms with E-state index in [2.05, 4.69) is 6.58 Å². The Morgan fingerprint density at radius 1 is 1.18 bits per heavy atom. The van der Waals surface area contributed by atoms with Gasteiger partial charge >= 0.3 is 0 Å². The standard InChI is InChI=1S/C26H27N3O3.C2H6/c1-5-8-20(9-6-2)25-16-24(23(10-7-3)18(4)27-25)26(30)28-14-13-19-11-12-22(29(31)32)15-21(19)17-28;1-2/h5-12,15-16H,1,13-14,17H2,2-4H3;1-2H3/b9-6-,10-7-,20-8+;. The van der Waals surface area contributed by atoms with Crippen LogP contribution in [0.3, 0.4) is 0 Å². The Morgan fingerprint density at radius 3 is 2.53 bits per heavy atom. The largest absolute Gasteiger partial charge is 0.334 e. The number of aromatic nitrogens is 1. The Morgan fingerprint density at radius 2 is 1.91 bits per heavy atom. The maximum atomic E-state index is 13.6. The predicted molar refractivity (Wildman–Crippen MR) is 140 cm³/mol. The second-order valence-corrected chi connectivity index (χ2v) is 7.60. The highest BCUT2D eigenvalue weighted by molar-refractivity contribution is 5.99. The molecule has 2 heterocycles. The van der Waals surface area contributed by atoms with Gasteiger partial charge in [0.25, 0.3) is 11.6 Å². The molecule has 1 aromatic heterocycles. The molecule has 6 nitrogen and oxygen atoms in total. The number of hydrogen-bond acceptors (Lipinski definition) is 4. The molecule has 1 aromatic carbocycles. The molecule has 0 saturated carbocycles. The number of non-ortho nitro benzene ring substituents is 1. The lowest BCUT2D eigenvalue weighted by Gasteiger charge is -2.29. The molecule has 0 fully saturated rings. The van der Waals surface area contributed by atoms with Crippen LogP contribution in [0.2, 0.25) is 0 Å². The van der Waals surface area contributed by atoms with Crippen LogP contribution in [0.15, 0.2) is 61.2 Å². The SMILES string of the molecule is C=C/C=C(\C=C/C)c1cc(C(=O)N2CCc3ccc([N+](=O)[O-])cc3C2)c(/C=C\C)c(C)n1.CC. The van der Waals surface area contributed by atoms with Crippen LogP contribution in [0.5, 0.6) is 0 Å². The summed E-state index contributed by atoms with van der Waals surface area (Å²) >= 11 is 0. The minimum absolute atomic E-state index is 0.0419.